The summed E-state index contributed by atoms with van der Waals surface area (Å²) in [4.78, 5) is 6.77. The molecule has 1 aromatic heterocycles. The summed E-state index contributed by atoms with van der Waals surface area (Å²) in [5.41, 5.74) is 1.24. The molecule has 3 nitrogen and oxygen atoms in total. The van der Waals surface area contributed by atoms with Crippen LogP contribution in [-0.4, -0.2) is 24.1 Å². The quantitative estimate of drug-likeness (QED) is 0.734. The van der Waals surface area contributed by atoms with Gasteiger partial charge >= 0.3 is 0 Å². The highest BCUT2D eigenvalue weighted by atomic mass is 15.2. The number of hydrogen-bond donors (Lipinski definition) is 1. The standard InChI is InChI=1S/C14H23N3/c1-5-10-17(12(3)4)14-13(11-15-6-2)8-7-9-16-14/h5,7-9,12,15H,1,6,10-11H2,2-4H3. The van der Waals surface area contributed by atoms with Crippen LogP contribution in [0, 0.1) is 0 Å². The summed E-state index contributed by atoms with van der Waals surface area (Å²) in [5, 5.41) is 3.35. The van der Waals surface area contributed by atoms with Crippen molar-refractivity contribution in [3.05, 3.63) is 36.5 Å². The molecule has 1 rings (SSSR count). The minimum Gasteiger partial charge on any atom is -0.350 e. The summed E-state index contributed by atoms with van der Waals surface area (Å²) in [5.74, 6) is 1.06. The Balaban J connectivity index is 2.95. The van der Waals surface area contributed by atoms with Crippen LogP contribution in [0.3, 0.4) is 0 Å². The van der Waals surface area contributed by atoms with Gasteiger partial charge in [-0.3, -0.25) is 0 Å². The van der Waals surface area contributed by atoms with E-state index < -0.39 is 0 Å². The van der Waals surface area contributed by atoms with Crippen LogP contribution in [0.4, 0.5) is 5.82 Å². The van der Waals surface area contributed by atoms with Crippen LogP contribution in [0.2, 0.25) is 0 Å². The highest BCUT2D eigenvalue weighted by molar-refractivity contribution is 5.48. The average Bonchev–Trinajstić information content (AvgIpc) is 2.33. The van der Waals surface area contributed by atoms with E-state index in [0.717, 1.165) is 25.5 Å². The van der Waals surface area contributed by atoms with Crippen LogP contribution >= 0.6 is 0 Å². The number of anilines is 1. The van der Waals surface area contributed by atoms with Crippen LogP contribution < -0.4 is 10.2 Å². The van der Waals surface area contributed by atoms with Gasteiger partial charge in [-0.2, -0.15) is 0 Å². The predicted octanol–water partition coefficient (Wildman–Crippen LogP) is 2.59. The number of pyridine rings is 1. The van der Waals surface area contributed by atoms with Gasteiger partial charge in [0.15, 0.2) is 0 Å². The zero-order valence-corrected chi connectivity index (χ0v) is 11.1. The summed E-state index contributed by atoms with van der Waals surface area (Å²) in [6.07, 6.45) is 3.77. The average molecular weight is 233 g/mol. The smallest absolute Gasteiger partial charge is 0.133 e. The summed E-state index contributed by atoms with van der Waals surface area (Å²) in [6.45, 7) is 12.9. The third-order valence-corrected chi connectivity index (χ3v) is 2.65. The van der Waals surface area contributed by atoms with Gasteiger partial charge in [0.05, 0.1) is 0 Å². The largest absolute Gasteiger partial charge is 0.350 e. The number of aromatic nitrogens is 1. The normalized spacial score (nSPS) is 10.6. The van der Waals surface area contributed by atoms with Crippen molar-refractivity contribution < 1.29 is 0 Å². The molecule has 3 heteroatoms. The van der Waals surface area contributed by atoms with Crippen molar-refractivity contribution >= 4 is 5.82 Å². The SMILES string of the molecule is C=CCN(c1ncccc1CNCC)C(C)C. The lowest BCUT2D eigenvalue weighted by Gasteiger charge is -2.28. The zero-order valence-electron chi connectivity index (χ0n) is 11.1. The molecule has 0 unspecified atom stereocenters. The van der Waals surface area contributed by atoms with E-state index >= 15 is 0 Å². The number of nitrogens with zero attached hydrogens (tertiary/aromatic N) is 2. The van der Waals surface area contributed by atoms with Crippen molar-refractivity contribution in [1.82, 2.24) is 10.3 Å². The predicted molar refractivity (Wildman–Crippen MR) is 74.3 cm³/mol. The molecule has 0 amide bonds. The van der Waals surface area contributed by atoms with Gasteiger partial charge in [0.2, 0.25) is 0 Å². The fourth-order valence-corrected chi connectivity index (χ4v) is 1.77. The van der Waals surface area contributed by atoms with Crippen molar-refractivity contribution in [3.63, 3.8) is 0 Å². The number of rotatable bonds is 7. The van der Waals surface area contributed by atoms with E-state index in [1.165, 1.54) is 5.56 Å². The highest BCUT2D eigenvalue weighted by Crippen LogP contribution is 2.19. The van der Waals surface area contributed by atoms with Crippen LogP contribution in [-0.2, 0) is 6.54 Å². The molecule has 0 atom stereocenters. The van der Waals surface area contributed by atoms with Crippen LogP contribution in [0.15, 0.2) is 31.0 Å². The maximum absolute atomic E-state index is 4.51. The van der Waals surface area contributed by atoms with Crippen LogP contribution in [0.5, 0.6) is 0 Å². The van der Waals surface area contributed by atoms with E-state index in [9.17, 15) is 0 Å². The number of nitrogens with one attached hydrogen (secondary N) is 1. The molecule has 94 valence electrons. The van der Waals surface area contributed by atoms with Gasteiger partial charge in [-0.05, 0) is 26.5 Å². The lowest BCUT2D eigenvalue weighted by molar-refractivity contribution is 0.685. The summed E-state index contributed by atoms with van der Waals surface area (Å²) >= 11 is 0. The van der Waals surface area contributed by atoms with E-state index in [0.29, 0.717) is 6.04 Å². The minimum atomic E-state index is 0.420. The lowest BCUT2D eigenvalue weighted by Crippen LogP contribution is -2.33. The van der Waals surface area contributed by atoms with Gasteiger partial charge in [0.25, 0.3) is 0 Å². The second-order valence-corrected chi connectivity index (χ2v) is 4.30. The molecule has 0 aliphatic carbocycles. The van der Waals surface area contributed by atoms with Crippen molar-refractivity contribution in [2.75, 3.05) is 18.0 Å². The second kappa shape index (κ2) is 7.07. The molecule has 0 aromatic carbocycles. The molecule has 0 saturated heterocycles. The first kappa shape index (κ1) is 13.7. The van der Waals surface area contributed by atoms with Gasteiger partial charge in [-0.1, -0.05) is 19.1 Å². The molecule has 0 fully saturated rings. The molecule has 1 aromatic rings. The van der Waals surface area contributed by atoms with E-state index in [-0.39, 0.29) is 0 Å². The molecule has 1 N–H and O–H groups in total. The molecule has 17 heavy (non-hydrogen) atoms. The molecule has 0 bridgehead atoms. The third kappa shape index (κ3) is 3.86. The first-order valence-electron chi connectivity index (χ1n) is 6.22. The minimum absolute atomic E-state index is 0.420. The van der Waals surface area contributed by atoms with Gasteiger partial charge in [-0.15, -0.1) is 6.58 Å². The molecule has 1 heterocycles. The Morgan fingerprint density at radius 2 is 2.29 bits per heavy atom. The van der Waals surface area contributed by atoms with Crippen molar-refractivity contribution in [2.24, 2.45) is 0 Å². The van der Waals surface area contributed by atoms with E-state index in [2.05, 4.69) is 48.6 Å². The second-order valence-electron chi connectivity index (χ2n) is 4.30. The first-order valence-corrected chi connectivity index (χ1v) is 6.22. The Labute approximate surface area is 105 Å². The highest BCUT2D eigenvalue weighted by Gasteiger charge is 2.13. The first-order chi connectivity index (χ1) is 8.20. The molecule has 0 radical (unpaired) electrons. The van der Waals surface area contributed by atoms with Crippen LogP contribution in [0.25, 0.3) is 0 Å². The van der Waals surface area contributed by atoms with Crippen molar-refractivity contribution in [3.8, 4) is 0 Å². The van der Waals surface area contributed by atoms with Gasteiger partial charge in [0.1, 0.15) is 5.82 Å². The summed E-state index contributed by atoms with van der Waals surface area (Å²) in [6, 6.07) is 4.54. The molecular formula is C14H23N3. The van der Waals surface area contributed by atoms with Gasteiger partial charge < -0.3 is 10.2 Å². The molecular weight excluding hydrogens is 210 g/mol. The fraction of sp³-hybridized carbons (Fsp3) is 0.500. The Hall–Kier alpha value is -1.35. The van der Waals surface area contributed by atoms with Gasteiger partial charge in [-0.25, -0.2) is 4.98 Å². The number of hydrogen-bond acceptors (Lipinski definition) is 3. The maximum atomic E-state index is 4.51. The molecule has 0 saturated carbocycles. The lowest BCUT2D eigenvalue weighted by atomic mass is 10.2. The zero-order chi connectivity index (χ0) is 12.7. The summed E-state index contributed by atoms with van der Waals surface area (Å²) < 4.78 is 0. The van der Waals surface area contributed by atoms with Crippen LogP contribution in [0.1, 0.15) is 26.3 Å². The Kier molecular flexibility index (Phi) is 5.70. The van der Waals surface area contributed by atoms with Gasteiger partial charge in [0, 0.05) is 30.9 Å². The van der Waals surface area contributed by atoms with E-state index in [1.807, 2.05) is 18.3 Å². The Bertz CT molecular complexity index is 347. The molecule has 0 spiro atoms. The fourth-order valence-electron chi connectivity index (χ4n) is 1.77. The third-order valence-electron chi connectivity index (χ3n) is 2.65. The Morgan fingerprint density at radius 3 is 2.88 bits per heavy atom. The topological polar surface area (TPSA) is 28.2 Å². The van der Waals surface area contributed by atoms with Crippen molar-refractivity contribution in [1.29, 1.82) is 0 Å². The molecule has 0 aliphatic heterocycles. The Morgan fingerprint density at radius 1 is 1.53 bits per heavy atom. The monoisotopic (exact) mass is 233 g/mol. The van der Waals surface area contributed by atoms with E-state index in [4.69, 9.17) is 0 Å². The van der Waals surface area contributed by atoms with E-state index in [1.54, 1.807) is 0 Å². The summed E-state index contributed by atoms with van der Waals surface area (Å²) in [7, 11) is 0. The molecule has 0 aliphatic rings. The van der Waals surface area contributed by atoms with Crippen molar-refractivity contribution in [2.45, 2.75) is 33.4 Å². The maximum Gasteiger partial charge on any atom is 0.133 e.